The number of nitro groups is 1. The monoisotopic (exact) mass is 461 g/mol. The summed E-state index contributed by atoms with van der Waals surface area (Å²) in [7, 11) is 0. The molecule has 0 spiro atoms. The van der Waals surface area contributed by atoms with Crippen molar-refractivity contribution in [3.05, 3.63) is 88.7 Å². The highest BCUT2D eigenvalue weighted by Gasteiger charge is 2.10. The molecule has 0 saturated carbocycles. The van der Waals surface area contributed by atoms with Crippen LogP contribution in [0.3, 0.4) is 0 Å². The molecule has 4 rings (SSSR count). The fourth-order valence-corrected chi connectivity index (χ4v) is 3.23. The first kappa shape index (κ1) is 21.8. The van der Waals surface area contributed by atoms with Gasteiger partial charge in [0.05, 0.1) is 16.4 Å². The number of oxazole rings is 1. The number of pyridine rings is 1. The van der Waals surface area contributed by atoms with Crippen molar-refractivity contribution in [2.45, 2.75) is 5.22 Å². The molecule has 1 amide bonds. The van der Waals surface area contributed by atoms with Crippen molar-refractivity contribution in [3.8, 4) is 0 Å². The van der Waals surface area contributed by atoms with Crippen molar-refractivity contribution in [1.82, 2.24) is 15.4 Å². The van der Waals surface area contributed by atoms with E-state index in [4.69, 9.17) is 4.42 Å². The van der Waals surface area contributed by atoms with E-state index in [9.17, 15) is 14.9 Å². The molecule has 4 aromatic rings. The van der Waals surface area contributed by atoms with Crippen LogP contribution in [-0.2, 0) is 4.79 Å². The van der Waals surface area contributed by atoms with Crippen LogP contribution in [0.5, 0.6) is 0 Å². The van der Waals surface area contributed by atoms with Gasteiger partial charge in [0.1, 0.15) is 5.52 Å². The van der Waals surface area contributed by atoms with Gasteiger partial charge in [-0.25, -0.2) is 10.4 Å². The molecule has 0 fully saturated rings. The second kappa shape index (κ2) is 10.2. The molecule has 0 saturated heterocycles. The van der Waals surface area contributed by atoms with E-state index in [1.54, 1.807) is 30.5 Å². The Morgan fingerprint density at radius 2 is 2.03 bits per heavy atom. The molecule has 0 atom stereocenters. The molecule has 11 nitrogen and oxygen atoms in total. The second-order valence-electron chi connectivity index (χ2n) is 6.43. The highest BCUT2D eigenvalue weighted by atomic mass is 32.2. The molecule has 0 unspecified atom stereocenters. The molecule has 2 heterocycles. The van der Waals surface area contributed by atoms with E-state index in [0.717, 1.165) is 11.8 Å². The van der Waals surface area contributed by atoms with Crippen LogP contribution >= 0.6 is 11.8 Å². The fraction of sp³-hybridized carbons (Fsp3) is 0.0476. The third-order valence-electron chi connectivity index (χ3n) is 4.11. The van der Waals surface area contributed by atoms with Crippen LogP contribution in [0.4, 0.5) is 11.4 Å². The van der Waals surface area contributed by atoms with Gasteiger partial charge >= 0.3 is 0 Å². The third kappa shape index (κ3) is 5.83. The summed E-state index contributed by atoms with van der Waals surface area (Å²) in [5, 5.41) is 23.4. The number of carbonyl (C=O) groups excluding carboxylic acids is 1. The molecule has 33 heavy (non-hydrogen) atoms. The molecule has 0 bridgehead atoms. The number of azo groups is 1. The van der Waals surface area contributed by atoms with Gasteiger partial charge in [0, 0.05) is 30.1 Å². The summed E-state index contributed by atoms with van der Waals surface area (Å²) in [6, 6.07) is 16.4. The number of rotatable bonds is 7. The number of carbonyl (C=O) groups is 1. The standard InChI is InChI=1S/C21H15N7O4S/c29-19(13-33-21-23-17-8-1-2-9-18(17)32-21)25-27-20(14-5-4-10-22-12-14)26-24-15-6-3-7-16(11-15)28(30)31/h1-12H,13H2,(H,25,29)/b26-24?,27-20+. The summed E-state index contributed by atoms with van der Waals surface area (Å²) in [6.45, 7) is 0. The van der Waals surface area contributed by atoms with Crippen LogP contribution in [0.15, 0.2) is 98.0 Å². The van der Waals surface area contributed by atoms with Crippen molar-refractivity contribution < 1.29 is 14.1 Å². The van der Waals surface area contributed by atoms with Crippen LogP contribution in [-0.4, -0.2) is 32.4 Å². The number of fused-ring (bicyclic) bond motifs is 1. The molecular formula is C21H15N7O4S. The first-order chi connectivity index (χ1) is 16.1. The molecule has 12 heteroatoms. The van der Waals surface area contributed by atoms with Crippen molar-refractivity contribution >= 4 is 46.0 Å². The highest BCUT2D eigenvalue weighted by Crippen LogP contribution is 2.23. The van der Waals surface area contributed by atoms with Gasteiger partial charge < -0.3 is 4.42 Å². The summed E-state index contributed by atoms with van der Waals surface area (Å²) >= 11 is 1.13. The number of nitrogens with zero attached hydrogens (tertiary/aromatic N) is 6. The van der Waals surface area contributed by atoms with E-state index in [-0.39, 0.29) is 23.0 Å². The first-order valence-corrected chi connectivity index (χ1v) is 10.5. The maximum Gasteiger partial charge on any atom is 0.271 e. The van der Waals surface area contributed by atoms with E-state index in [1.165, 1.54) is 24.4 Å². The Morgan fingerprint density at radius 3 is 2.82 bits per heavy atom. The summed E-state index contributed by atoms with van der Waals surface area (Å²) in [4.78, 5) is 31.0. The van der Waals surface area contributed by atoms with Crippen molar-refractivity contribution in [2.24, 2.45) is 15.3 Å². The molecule has 0 aliphatic carbocycles. The topological polar surface area (TPSA) is 148 Å². The minimum absolute atomic E-state index is 0.0126. The van der Waals surface area contributed by atoms with Crippen LogP contribution in [0.2, 0.25) is 0 Å². The molecule has 2 aromatic heterocycles. The lowest BCUT2D eigenvalue weighted by Crippen LogP contribution is -2.21. The van der Waals surface area contributed by atoms with E-state index >= 15 is 0 Å². The largest absolute Gasteiger partial charge is 0.431 e. The Balaban J connectivity index is 1.46. The van der Waals surface area contributed by atoms with Crippen molar-refractivity contribution in [2.75, 3.05) is 5.75 Å². The average molecular weight is 461 g/mol. The number of nitrogens with one attached hydrogen (secondary N) is 1. The van der Waals surface area contributed by atoms with E-state index in [2.05, 4.69) is 30.7 Å². The zero-order valence-electron chi connectivity index (χ0n) is 16.9. The molecule has 164 valence electrons. The lowest BCUT2D eigenvalue weighted by Gasteiger charge is -2.02. The smallest absolute Gasteiger partial charge is 0.271 e. The van der Waals surface area contributed by atoms with Crippen LogP contribution in [0.1, 0.15) is 5.56 Å². The second-order valence-corrected chi connectivity index (χ2v) is 7.35. The van der Waals surface area contributed by atoms with Gasteiger partial charge in [-0.15, -0.1) is 10.2 Å². The van der Waals surface area contributed by atoms with Gasteiger partial charge in [-0.05, 0) is 30.3 Å². The molecule has 0 aliphatic rings. The van der Waals surface area contributed by atoms with Gasteiger partial charge in [0.25, 0.3) is 16.8 Å². The van der Waals surface area contributed by atoms with Gasteiger partial charge in [0.2, 0.25) is 5.84 Å². The van der Waals surface area contributed by atoms with Gasteiger partial charge in [-0.2, -0.15) is 5.10 Å². The highest BCUT2D eigenvalue weighted by molar-refractivity contribution is 7.99. The first-order valence-electron chi connectivity index (χ1n) is 9.50. The number of amides is 1. The quantitative estimate of drug-likeness (QED) is 0.106. The summed E-state index contributed by atoms with van der Waals surface area (Å²) in [5.74, 6) is -0.317. The number of hydrogen-bond donors (Lipinski definition) is 1. The SMILES string of the molecule is O=C(CSc1nc2ccccc2o1)N/N=C(/N=Nc1cccc([N+](=O)[O-])c1)c1cccnc1. The Bertz CT molecular complexity index is 1320. The van der Waals surface area contributed by atoms with Crippen LogP contribution in [0.25, 0.3) is 11.1 Å². The zero-order valence-corrected chi connectivity index (χ0v) is 17.7. The van der Waals surface area contributed by atoms with E-state index in [0.29, 0.717) is 21.9 Å². The van der Waals surface area contributed by atoms with Gasteiger partial charge in [0.15, 0.2) is 5.58 Å². The summed E-state index contributed by atoms with van der Waals surface area (Å²) < 4.78 is 5.57. The van der Waals surface area contributed by atoms with Crippen LogP contribution in [0, 0.1) is 10.1 Å². The molecular weight excluding hydrogens is 446 g/mol. The number of amidine groups is 1. The predicted octanol–water partition coefficient (Wildman–Crippen LogP) is 4.49. The predicted molar refractivity (Wildman–Crippen MR) is 121 cm³/mol. The lowest BCUT2D eigenvalue weighted by atomic mass is 10.3. The zero-order chi connectivity index (χ0) is 23.0. The number of hydrogen-bond acceptors (Lipinski definition) is 9. The number of non-ortho nitro benzene ring substituents is 1. The number of thioether (sulfide) groups is 1. The van der Waals surface area contributed by atoms with E-state index in [1.807, 2.05) is 18.2 Å². The Kier molecular flexibility index (Phi) is 6.75. The fourth-order valence-electron chi connectivity index (χ4n) is 2.60. The Morgan fingerprint density at radius 1 is 1.15 bits per heavy atom. The number of hydrazone groups is 1. The number of aromatic nitrogens is 2. The lowest BCUT2D eigenvalue weighted by molar-refractivity contribution is -0.384. The Hall–Kier alpha value is -4.45. The molecule has 2 aromatic carbocycles. The minimum Gasteiger partial charge on any atom is -0.431 e. The normalized spacial score (nSPS) is 11.7. The average Bonchev–Trinajstić information content (AvgIpc) is 3.26. The summed E-state index contributed by atoms with van der Waals surface area (Å²) in [6.07, 6.45) is 3.08. The Labute approximate surface area is 190 Å². The number of nitro benzene ring substituents is 1. The maximum atomic E-state index is 12.3. The van der Waals surface area contributed by atoms with Gasteiger partial charge in [-0.3, -0.25) is 19.9 Å². The van der Waals surface area contributed by atoms with Crippen molar-refractivity contribution in [3.63, 3.8) is 0 Å². The van der Waals surface area contributed by atoms with E-state index < -0.39 is 10.8 Å². The van der Waals surface area contributed by atoms with Gasteiger partial charge in [-0.1, -0.05) is 30.0 Å². The minimum atomic E-state index is -0.524. The van der Waals surface area contributed by atoms with Crippen LogP contribution < -0.4 is 5.43 Å². The van der Waals surface area contributed by atoms with Crippen molar-refractivity contribution in [1.29, 1.82) is 0 Å². The number of para-hydroxylation sites is 2. The summed E-state index contributed by atoms with van der Waals surface area (Å²) in [5.41, 5.74) is 4.41. The molecule has 0 radical (unpaired) electrons. The molecule has 0 aliphatic heterocycles. The third-order valence-corrected chi connectivity index (χ3v) is 4.94. The maximum absolute atomic E-state index is 12.3. The number of benzene rings is 2. The molecule has 1 N–H and O–H groups in total.